The van der Waals surface area contributed by atoms with Crippen LogP contribution in [0, 0.1) is 11.6 Å². The van der Waals surface area contributed by atoms with Gasteiger partial charge < -0.3 is 15.4 Å². The van der Waals surface area contributed by atoms with Crippen LogP contribution in [0.25, 0.3) is 0 Å². The lowest BCUT2D eigenvalue weighted by Crippen LogP contribution is -2.40. The molecule has 2 N–H and O–H groups in total. The van der Waals surface area contributed by atoms with Gasteiger partial charge in [-0.2, -0.15) is 0 Å². The first-order valence-electron chi connectivity index (χ1n) is 8.11. The lowest BCUT2D eigenvalue weighted by molar-refractivity contribution is -0.153. The number of hydrogen-bond donors (Lipinski definition) is 2. The number of carbonyl (C=O) groups is 4. The van der Waals surface area contributed by atoms with Gasteiger partial charge in [-0.1, -0.05) is 6.07 Å². The van der Waals surface area contributed by atoms with Gasteiger partial charge in [-0.15, -0.1) is 0 Å². The van der Waals surface area contributed by atoms with Crippen LogP contribution in [-0.2, 0) is 19.1 Å². The predicted octanol–water partition coefficient (Wildman–Crippen LogP) is 1.56. The predicted molar refractivity (Wildman–Crippen MR) is 89.5 cm³/mol. The Labute approximate surface area is 153 Å². The fourth-order valence-electron chi connectivity index (χ4n) is 2.38. The summed E-state index contributed by atoms with van der Waals surface area (Å²) in [5, 5.41) is 4.47. The molecule has 4 amide bonds. The third kappa shape index (κ3) is 4.57. The minimum Gasteiger partial charge on any atom is -0.452 e. The van der Waals surface area contributed by atoms with Gasteiger partial charge in [0.05, 0.1) is 6.42 Å². The quantitative estimate of drug-likeness (QED) is 0.573. The number of esters is 1. The highest BCUT2D eigenvalue weighted by molar-refractivity contribution is 6.06. The molecule has 0 spiro atoms. The second kappa shape index (κ2) is 7.68. The standard InChI is InChI=1S/C17H19F2N3O5/c1-9(14(24)20-13-10(18)5-4-6-11(13)19)27-12(23)7-8-22-15(25)17(2,3)21-16(22)26/h4-6,9H,7-8H2,1-3H3,(H,20,24)(H,21,26). The molecule has 1 unspecified atom stereocenters. The zero-order valence-electron chi connectivity index (χ0n) is 15.0. The largest absolute Gasteiger partial charge is 0.452 e. The monoisotopic (exact) mass is 383 g/mol. The van der Waals surface area contributed by atoms with E-state index in [1.807, 2.05) is 5.32 Å². The van der Waals surface area contributed by atoms with Crippen LogP contribution in [0.2, 0.25) is 0 Å². The molecule has 8 nitrogen and oxygen atoms in total. The molecule has 1 atom stereocenters. The van der Waals surface area contributed by atoms with E-state index >= 15 is 0 Å². The maximum Gasteiger partial charge on any atom is 0.325 e. The van der Waals surface area contributed by atoms with Gasteiger partial charge in [0.15, 0.2) is 6.10 Å². The first kappa shape index (κ1) is 20.3. The van der Waals surface area contributed by atoms with Gasteiger partial charge in [0.1, 0.15) is 22.9 Å². The second-order valence-corrected chi connectivity index (χ2v) is 6.48. The van der Waals surface area contributed by atoms with Crippen LogP contribution in [0.15, 0.2) is 18.2 Å². The fourth-order valence-corrected chi connectivity index (χ4v) is 2.38. The number of rotatable bonds is 6. The summed E-state index contributed by atoms with van der Waals surface area (Å²) in [6, 6.07) is 2.45. The number of nitrogens with zero attached hydrogens (tertiary/aromatic N) is 1. The van der Waals surface area contributed by atoms with E-state index < -0.39 is 52.8 Å². The second-order valence-electron chi connectivity index (χ2n) is 6.48. The Morgan fingerprint density at radius 3 is 2.37 bits per heavy atom. The molecule has 1 aliphatic heterocycles. The van der Waals surface area contributed by atoms with E-state index in [0.29, 0.717) is 0 Å². The topological polar surface area (TPSA) is 105 Å². The normalized spacial score (nSPS) is 16.7. The van der Waals surface area contributed by atoms with Crippen molar-refractivity contribution in [2.24, 2.45) is 0 Å². The van der Waals surface area contributed by atoms with Gasteiger partial charge in [0.25, 0.3) is 11.8 Å². The Hall–Kier alpha value is -3.04. The highest BCUT2D eigenvalue weighted by atomic mass is 19.1. The number of imide groups is 1. The highest BCUT2D eigenvalue weighted by Crippen LogP contribution is 2.19. The number of nitrogens with one attached hydrogen (secondary N) is 2. The van der Waals surface area contributed by atoms with Gasteiger partial charge in [-0.3, -0.25) is 19.3 Å². The van der Waals surface area contributed by atoms with Crippen molar-refractivity contribution in [1.82, 2.24) is 10.2 Å². The molecule has 1 aliphatic rings. The molecule has 1 aromatic carbocycles. The van der Waals surface area contributed by atoms with Crippen molar-refractivity contribution in [3.05, 3.63) is 29.8 Å². The van der Waals surface area contributed by atoms with E-state index in [1.165, 1.54) is 20.8 Å². The van der Waals surface area contributed by atoms with Gasteiger partial charge in [-0.25, -0.2) is 13.6 Å². The first-order valence-corrected chi connectivity index (χ1v) is 8.11. The van der Waals surface area contributed by atoms with Gasteiger partial charge in [-0.05, 0) is 32.9 Å². The Bertz CT molecular complexity index is 777. The van der Waals surface area contributed by atoms with Crippen LogP contribution in [-0.4, -0.2) is 46.9 Å². The molecular formula is C17H19F2N3O5. The molecule has 146 valence electrons. The SMILES string of the molecule is CC(OC(=O)CCN1C(=O)NC(C)(C)C1=O)C(=O)Nc1c(F)cccc1F. The molecule has 0 saturated carbocycles. The maximum atomic E-state index is 13.5. The Morgan fingerprint density at radius 2 is 1.85 bits per heavy atom. The number of anilines is 1. The number of amides is 4. The molecule has 0 aliphatic carbocycles. The minimum absolute atomic E-state index is 0.219. The van der Waals surface area contributed by atoms with Crippen molar-refractivity contribution in [2.45, 2.75) is 38.8 Å². The van der Waals surface area contributed by atoms with Crippen molar-refractivity contribution >= 4 is 29.5 Å². The van der Waals surface area contributed by atoms with E-state index in [4.69, 9.17) is 4.74 Å². The van der Waals surface area contributed by atoms with Gasteiger partial charge in [0.2, 0.25) is 0 Å². The third-order valence-electron chi connectivity index (χ3n) is 3.87. The van der Waals surface area contributed by atoms with Gasteiger partial charge >= 0.3 is 12.0 Å². The number of benzene rings is 1. The lowest BCUT2D eigenvalue weighted by Gasteiger charge is -2.17. The number of carbonyl (C=O) groups excluding carboxylic acids is 4. The lowest BCUT2D eigenvalue weighted by atomic mass is 10.1. The van der Waals surface area contributed by atoms with Crippen LogP contribution in [0.5, 0.6) is 0 Å². The van der Waals surface area contributed by atoms with Crippen LogP contribution in [0.4, 0.5) is 19.3 Å². The summed E-state index contributed by atoms with van der Waals surface area (Å²) in [4.78, 5) is 48.4. The smallest absolute Gasteiger partial charge is 0.325 e. The van der Waals surface area contributed by atoms with Crippen molar-refractivity contribution < 1.29 is 32.7 Å². The number of halogens is 2. The maximum absolute atomic E-state index is 13.5. The van der Waals surface area contributed by atoms with Crippen molar-refractivity contribution in [3.8, 4) is 0 Å². The Kier molecular flexibility index (Phi) is 5.77. The summed E-state index contributed by atoms with van der Waals surface area (Å²) in [5.41, 5.74) is -1.70. The zero-order chi connectivity index (χ0) is 20.4. The average molecular weight is 383 g/mol. The molecule has 10 heteroatoms. The summed E-state index contributed by atoms with van der Waals surface area (Å²) in [6.07, 6.45) is -1.67. The number of urea groups is 1. The molecule has 2 rings (SSSR count). The summed E-state index contributed by atoms with van der Waals surface area (Å²) in [6.45, 7) is 4.06. The number of hydrogen-bond acceptors (Lipinski definition) is 5. The molecule has 27 heavy (non-hydrogen) atoms. The third-order valence-corrected chi connectivity index (χ3v) is 3.87. The molecule has 1 heterocycles. The van der Waals surface area contributed by atoms with Crippen molar-refractivity contribution in [1.29, 1.82) is 0 Å². The van der Waals surface area contributed by atoms with E-state index in [9.17, 15) is 28.0 Å². The fraction of sp³-hybridized carbons (Fsp3) is 0.412. The van der Waals surface area contributed by atoms with E-state index in [0.717, 1.165) is 23.1 Å². The van der Waals surface area contributed by atoms with Crippen LogP contribution in [0.1, 0.15) is 27.2 Å². The summed E-state index contributed by atoms with van der Waals surface area (Å²) in [7, 11) is 0. The molecular weight excluding hydrogens is 364 g/mol. The van der Waals surface area contributed by atoms with Crippen LogP contribution >= 0.6 is 0 Å². The van der Waals surface area contributed by atoms with Gasteiger partial charge in [0, 0.05) is 6.54 Å². The number of ether oxygens (including phenoxy) is 1. The number of para-hydroxylation sites is 1. The van der Waals surface area contributed by atoms with Crippen LogP contribution in [0.3, 0.4) is 0 Å². The molecule has 0 radical (unpaired) electrons. The van der Waals surface area contributed by atoms with E-state index in [-0.39, 0.29) is 13.0 Å². The van der Waals surface area contributed by atoms with Crippen molar-refractivity contribution in [3.63, 3.8) is 0 Å². The zero-order valence-corrected chi connectivity index (χ0v) is 15.0. The molecule has 0 aromatic heterocycles. The minimum atomic E-state index is -1.34. The summed E-state index contributed by atoms with van der Waals surface area (Å²) < 4.78 is 31.9. The first-order chi connectivity index (χ1) is 12.5. The molecule has 0 bridgehead atoms. The Balaban J connectivity index is 1.87. The van der Waals surface area contributed by atoms with Crippen molar-refractivity contribution in [2.75, 3.05) is 11.9 Å². The molecule has 1 aromatic rings. The Morgan fingerprint density at radius 1 is 1.26 bits per heavy atom. The summed E-state index contributed by atoms with van der Waals surface area (Å²) in [5.74, 6) is -4.20. The molecule has 1 saturated heterocycles. The van der Waals surface area contributed by atoms with E-state index in [1.54, 1.807) is 0 Å². The van der Waals surface area contributed by atoms with Crippen LogP contribution < -0.4 is 10.6 Å². The van der Waals surface area contributed by atoms with E-state index in [2.05, 4.69) is 5.32 Å². The summed E-state index contributed by atoms with van der Waals surface area (Å²) >= 11 is 0. The average Bonchev–Trinajstić information content (AvgIpc) is 2.76. The molecule has 1 fully saturated rings. The highest BCUT2D eigenvalue weighted by Gasteiger charge is 2.44.